The second-order valence-electron chi connectivity index (χ2n) is 3.98. The van der Waals surface area contributed by atoms with Gasteiger partial charge in [-0.05, 0) is 31.5 Å². The Kier molecular flexibility index (Phi) is 3.51. The van der Waals surface area contributed by atoms with Gasteiger partial charge in [0.25, 0.3) is 0 Å². The summed E-state index contributed by atoms with van der Waals surface area (Å²) in [5, 5.41) is 3.27. The Hall–Kier alpha value is -1.15. The van der Waals surface area contributed by atoms with Gasteiger partial charge in [0.15, 0.2) is 0 Å². The lowest BCUT2D eigenvalue weighted by Crippen LogP contribution is -2.32. The van der Waals surface area contributed by atoms with Crippen LogP contribution in [0.3, 0.4) is 0 Å². The molecule has 0 saturated carbocycles. The number of benzene rings is 1. The van der Waals surface area contributed by atoms with Crippen molar-refractivity contribution in [3.05, 3.63) is 42.3 Å². The third-order valence-corrected chi connectivity index (χ3v) is 2.85. The Labute approximate surface area is 90.7 Å². The second-order valence-corrected chi connectivity index (χ2v) is 3.98. The average molecular weight is 202 g/mol. The Bertz CT molecular complexity index is 315. The highest BCUT2D eigenvalue weighted by Gasteiger charge is 2.20. The number of nitrogens with one attached hydrogen (secondary N) is 1. The van der Waals surface area contributed by atoms with Gasteiger partial charge in [0.05, 0.1) is 6.42 Å². The van der Waals surface area contributed by atoms with E-state index in [1.54, 1.807) is 6.42 Å². The normalized spacial score (nSPS) is 17.6. The summed E-state index contributed by atoms with van der Waals surface area (Å²) < 4.78 is 0. The standard InChI is InChI=1S/C13H16NO/c15-13(12-6-8-14-9-7-12)10-11-4-2-1-3-5-11/h1-5,10,12,14H,6-9H2. The van der Waals surface area contributed by atoms with Gasteiger partial charge in [-0.15, -0.1) is 0 Å². The summed E-state index contributed by atoms with van der Waals surface area (Å²) in [5.74, 6) is 0.508. The topological polar surface area (TPSA) is 29.1 Å². The minimum Gasteiger partial charge on any atom is -0.317 e. The number of hydrogen-bond donors (Lipinski definition) is 1. The quantitative estimate of drug-likeness (QED) is 0.810. The maximum Gasteiger partial charge on any atom is 0.144 e. The predicted octanol–water partition coefficient (Wildman–Crippen LogP) is 1.81. The van der Waals surface area contributed by atoms with E-state index in [1.807, 2.05) is 30.3 Å². The molecule has 2 rings (SSSR count). The molecule has 15 heavy (non-hydrogen) atoms. The minimum absolute atomic E-state index is 0.228. The van der Waals surface area contributed by atoms with Crippen molar-refractivity contribution < 1.29 is 4.79 Å². The van der Waals surface area contributed by atoms with Crippen LogP contribution in [0.2, 0.25) is 0 Å². The summed E-state index contributed by atoms with van der Waals surface area (Å²) in [6.07, 6.45) is 3.72. The van der Waals surface area contributed by atoms with Crippen LogP contribution in [0.25, 0.3) is 0 Å². The van der Waals surface area contributed by atoms with Gasteiger partial charge >= 0.3 is 0 Å². The summed E-state index contributed by atoms with van der Waals surface area (Å²) in [6, 6.07) is 9.83. The Morgan fingerprint density at radius 3 is 2.53 bits per heavy atom. The number of carbonyl (C=O) groups is 1. The van der Waals surface area contributed by atoms with Gasteiger partial charge in [0, 0.05) is 5.92 Å². The zero-order valence-corrected chi connectivity index (χ0v) is 8.78. The number of piperidine rings is 1. The van der Waals surface area contributed by atoms with E-state index in [0.717, 1.165) is 31.5 Å². The molecule has 0 aliphatic carbocycles. The molecule has 2 nitrogen and oxygen atoms in total. The molecule has 0 amide bonds. The van der Waals surface area contributed by atoms with Crippen molar-refractivity contribution >= 4 is 5.78 Å². The lowest BCUT2D eigenvalue weighted by Gasteiger charge is -2.21. The summed E-state index contributed by atoms with van der Waals surface area (Å²) in [4.78, 5) is 11.9. The molecule has 0 unspecified atom stereocenters. The molecule has 2 heteroatoms. The molecule has 1 aromatic rings. The van der Waals surface area contributed by atoms with Crippen LogP contribution in [0.5, 0.6) is 0 Å². The second kappa shape index (κ2) is 5.08. The molecule has 0 aromatic heterocycles. The van der Waals surface area contributed by atoms with Crippen LogP contribution in [0.15, 0.2) is 30.3 Å². The molecule has 0 atom stereocenters. The van der Waals surface area contributed by atoms with Crippen molar-refractivity contribution in [1.82, 2.24) is 5.32 Å². The van der Waals surface area contributed by atoms with Crippen LogP contribution in [0, 0.1) is 12.3 Å². The van der Waals surface area contributed by atoms with Crippen molar-refractivity contribution in [3.8, 4) is 0 Å². The van der Waals surface area contributed by atoms with Crippen LogP contribution in [0.4, 0.5) is 0 Å². The monoisotopic (exact) mass is 202 g/mol. The Morgan fingerprint density at radius 1 is 1.20 bits per heavy atom. The van der Waals surface area contributed by atoms with Crippen LogP contribution in [-0.2, 0) is 4.79 Å². The van der Waals surface area contributed by atoms with Gasteiger partial charge < -0.3 is 5.32 Å². The van der Waals surface area contributed by atoms with Gasteiger partial charge in [-0.1, -0.05) is 30.3 Å². The molecule has 1 aliphatic rings. The van der Waals surface area contributed by atoms with E-state index >= 15 is 0 Å². The molecule has 1 radical (unpaired) electrons. The molecular formula is C13H16NO. The molecule has 1 aromatic carbocycles. The van der Waals surface area contributed by atoms with E-state index in [-0.39, 0.29) is 11.7 Å². The SMILES string of the molecule is O=C([CH]c1ccccc1)C1CCNCC1. The summed E-state index contributed by atoms with van der Waals surface area (Å²) in [7, 11) is 0. The first kappa shape index (κ1) is 10.4. The number of rotatable bonds is 3. The first-order chi connectivity index (χ1) is 7.36. The molecule has 1 aliphatic heterocycles. The van der Waals surface area contributed by atoms with Gasteiger partial charge in [-0.25, -0.2) is 0 Å². The molecule has 1 saturated heterocycles. The van der Waals surface area contributed by atoms with Crippen molar-refractivity contribution in [2.75, 3.05) is 13.1 Å². The molecule has 79 valence electrons. The number of Topliss-reactive ketones (excluding diaryl/α,β-unsaturated/α-hetero) is 1. The smallest absolute Gasteiger partial charge is 0.144 e. The van der Waals surface area contributed by atoms with E-state index in [1.165, 1.54) is 0 Å². The average Bonchev–Trinajstić information content (AvgIpc) is 2.31. The third kappa shape index (κ3) is 2.90. The lowest BCUT2D eigenvalue weighted by molar-refractivity contribution is -0.119. The van der Waals surface area contributed by atoms with E-state index in [4.69, 9.17) is 0 Å². The van der Waals surface area contributed by atoms with Gasteiger partial charge in [-0.2, -0.15) is 0 Å². The van der Waals surface area contributed by atoms with Crippen molar-refractivity contribution in [2.24, 2.45) is 5.92 Å². The third-order valence-electron chi connectivity index (χ3n) is 2.85. The fraction of sp³-hybridized carbons (Fsp3) is 0.385. The summed E-state index contributed by atoms with van der Waals surface area (Å²) in [6.45, 7) is 1.94. The maximum atomic E-state index is 11.9. The molecule has 0 spiro atoms. The Morgan fingerprint density at radius 2 is 1.87 bits per heavy atom. The predicted molar refractivity (Wildman–Crippen MR) is 60.4 cm³/mol. The number of ketones is 1. The molecule has 1 fully saturated rings. The minimum atomic E-state index is 0.228. The summed E-state index contributed by atoms with van der Waals surface area (Å²) in [5.41, 5.74) is 1.01. The number of hydrogen-bond acceptors (Lipinski definition) is 2. The van der Waals surface area contributed by atoms with Gasteiger partial charge in [0.2, 0.25) is 0 Å². The zero-order chi connectivity index (χ0) is 10.5. The maximum absolute atomic E-state index is 11.9. The van der Waals surface area contributed by atoms with Crippen LogP contribution >= 0.6 is 0 Å². The van der Waals surface area contributed by atoms with Crippen molar-refractivity contribution in [2.45, 2.75) is 12.8 Å². The van der Waals surface area contributed by atoms with E-state index in [9.17, 15) is 4.79 Å². The number of carbonyl (C=O) groups excluding carboxylic acids is 1. The zero-order valence-electron chi connectivity index (χ0n) is 8.78. The van der Waals surface area contributed by atoms with E-state index in [0.29, 0.717) is 0 Å². The highest BCUT2D eigenvalue weighted by Crippen LogP contribution is 2.16. The first-order valence-electron chi connectivity index (χ1n) is 5.50. The largest absolute Gasteiger partial charge is 0.317 e. The first-order valence-corrected chi connectivity index (χ1v) is 5.50. The molecule has 1 heterocycles. The van der Waals surface area contributed by atoms with E-state index in [2.05, 4.69) is 5.32 Å². The molecule has 1 N–H and O–H groups in total. The highest BCUT2D eigenvalue weighted by atomic mass is 16.1. The van der Waals surface area contributed by atoms with Crippen LogP contribution in [-0.4, -0.2) is 18.9 Å². The fourth-order valence-corrected chi connectivity index (χ4v) is 1.94. The molecule has 0 bridgehead atoms. The summed E-state index contributed by atoms with van der Waals surface area (Å²) >= 11 is 0. The Balaban J connectivity index is 1.91. The van der Waals surface area contributed by atoms with Crippen molar-refractivity contribution in [1.29, 1.82) is 0 Å². The van der Waals surface area contributed by atoms with E-state index < -0.39 is 0 Å². The fourth-order valence-electron chi connectivity index (χ4n) is 1.94. The van der Waals surface area contributed by atoms with Crippen molar-refractivity contribution in [3.63, 3.8) is 0 Å². The van der Waals surface area contributed by atoms with Gasteiger partial charge in [-0.3, -0.25) is 4.79 Å². The highest BCUT2D eigenvalue weighted by molar-refractivity contribution is 5.92. The lowest BCUT2D eigenvalue weighted by atomic mass is 9.90. The molecular weight excluding hydrogens is 186 g/mol. The van der Waals surface area contributed by atoms with Gasteiger partial charge in [0.1, 0.15) is 5.78 Å². The van der Waals surface area contributed by atoms with Crippen LogP contribution < -0.4 is 5.32 Å². The van der Waals surface area contributed by atoms with Crippen LogP contribution in [0.1, 0.15) is 18.4 Å².